The van der Waals surface area contributed by atoms with Crippen molar-refractivity contribution in [2.75, 3.05) is 13.1 Å². The van der Waals surface area contributed by atoms with Gasteiger partial charge in [0.1, 0.15) is 0 Å². The average Bonchev–Trinajstić information content (AvgIpc) is 2.36. The number of likely N-dealkylation sites (tertiary alicyclic amines) is 1. The summed E-state index contributed by atoms with van der Waals surface area (Å²) < 4.78 is 0. The third-order valence-corrected chi connectivity index (χ3v) is 3.74. The first kappa shape index (κ1) is 10.8. The van der Waals surface area contributed by atoms with Gasteiger partial charge in [0, 0.05) is 19.1 Å². The van der Waals surface area contributed by atoms with E-state index in [1.54, 1.807) is 0 Å². The second-order valence-corrected chi connectivity index (χ2v) is 5.10. The molecule has 1 saturated carbocycles. The van der Waals surface area contributed by atoms with Crippen molar-refractivity contribution in [1.82, 2.24) is 10.2 Å². The standard InChI is InChI=1S/C12H22N2O/c1-10-4-3-8-14(9-7-10)12(15)13-11-5-2-6-11/h10-11H,2-9H2,1H3,(H,13,15). The minimum Gasteiger partial charge on any atom is -0.335 e. The van der Waals surface area contributed by atoms with Crippen LogP contribution in [0.3, 0.4) is 0 Å². The maximum Gasteiger partial charge on any atom is 0.317 e. The molecule has 2 rings (SSSR count). The number of urea groups is 1. The Morgan fingerprint density at radius 3 is 2.60 bits per heavy atom. The van der Waals surface area contributed by atoms with E-state index in [4.69, 9.17) is 0 Å². The van der Waals surface area contributed by atoms with Crippen LogP contribution in [-0.4, -0.2) is 30.1 Å². The Morgan fingerprint density at radius 2 is 1.93 bits per heavy atom. The molecular formula is C12H22N2O. The second-order valence-electron chi connectivity index (χ2n) is 5.10. The van der Waals surface area contributed by atoms with E-state index in [0.717, 1.165) is 25.4 Å². The molecule has 1 aliphatic carbocycles. The molecule has 0 bridgehead atoms. The fraction of sp³-hybridized carbons (Fsp3) is 0.917. The minimum atomic E-state index is 0.175. The van der Waals surface area contributed by atoms with E-state index in [9.17, 15) is 4.79 Å². The Kier molecular flexibility index (Phi) is 3.49. The molecule has 2 amide bonds. The zero-order valence-electron chi connectivity index (χ0n) is 9.67. The molecule has 3 nitrogen and oxygen atoms in total. The van der Waals surface area contributed by atoms with Crippen LogP contribution in [0.4, 0.5) is 4.79 Å². The van der Waals surface area contributed by atoms with Crippen molar-refractivity contribution in [2.45, 2.75) is 51.5 Å². The predicted octanol–water partition coefficient (Wildman–Crippen LogP) is 2.37. The van der Waals surface area contributed by atoms with Gasteiger partial charge in [0.15, 0.2) is 0 Å². The maximum atomic E-state index is 11.9. The summed E-state index contributed by atoms with van der Waals surface area (Å²) in [6, 6.07) is 0.645. The normalized spacial score (nSPS) is 28.1. The highest BCUT2D eigenvalue weighted by atomic mass is 16.2. The van der Waals surface area contributed by atoms with E-state index in [2.05, 4.69) is 12.2 Å². The van der Waals surface area contributed by atoms with Crippen LogP contribution in [0.1, 0.15) is 45.4 Å². The molecule has 15 heavy (non-hydrogen) atoms. The predicted molar refractivity (Wildman–Crippen MR) is 60.8 cm³/mol. The number of carbonyl (C=O) groups is 1. The SMILES string of the molecule is CC1CCCN(C(=O)NC2CCC2)CC1. The lowest BCUT2D eigenvalue weighted by atomic mass is 9.93. The molecule has 1 N–H and O–H groups in total. The number of nitrogens with one attached hydrogen (secondary N) is 1. The number of hydrogen-bond donors (Lipinski definition) is 1. The fourth-order valence-corrected chi connectivity index (χ4v) is 2.28. The number of carbonyl (C=O) groups excluding carboxylic acids is 1. The highest BCUT2D eigenvalue weighted by molar-refractivity contribution is 5.74. The molecule has 86 valence electrons. The van der Waals surface area contributed by atoms with Gasteiger partial charge in [-0.1, -0.05) is 6.92 Å². The van der Waals surface area contributed by atoms with Crippen molar-refractivity contribution in [3.63, 3.8) is 0 Å². The van der Waals surface area contributed by atoms with E-state index in [-0.39, 0.29) is 6.03 Å². The summed E-state index contributed by atoms with van der Waals surface area (Å²) in [6.07, 6.45) is 7.23. The van der Waals surface area contributed by atoms with Gasteiger partial charge in [0.05, 0.1) is 0 Å². The van der Waals surface area contributed by atoms with Gasteiger partial charge in [-0.25, -0.2) is 4.79 Å². The molecule has 0 radical (unpaired) electrons. The highest BCUT2D eigenvalue weighted by Crippen LogP contribution is 2.20. The van der Waals surface area contributed by atoms with Crippen LogP contribution in [0.5, 0.6) is 0 Å². The molecule has 2 aliphatic rings. The van der Waals surface area contributed by atoms with Gasteiger partial charge < -0.3 is 10.2 Å². The van der Waals surface area contributed by atoms with Crippen LogP contribution in [0.2, 0.25) is 0 Å². The fourth-order valence-electron chi connectivity index (χ4n) is 2.28. The molecule has 3 heteroatoms. The molecule has 0 aromatic carbocycles. The molecule has 1 aliphatic heterocycles. The molecule has 0 aromatic rings. The number of rotatable bonds is 1. The van der Waals surface area contributed by atoms with Crippen LogP contribution < -0.4 is 5.32 Å². The summed E-state index contributed by atoms with van der Waals surface area (Å²) in [5, 5.41) is 3.12. The largest absolute Gasteiger partial charge is 0.335 e. The first-order chi connectivity index (χ1) is 7.25. The van der Waals surface area contributed by atoms with E-state index < -0.39 is 0 Å². The molecule has 1 atom stereocenters. The van der Waals surface area contributed by atoms with Crippen LogP contribution in [-0.2, 0) is 0 Å². The molecule has 2 fully saturated rings. The average molecular weight is 210 g/mol. The first-order valence-electron chi connectivity index (χ1n) is 6.31. The zero-order valence-corrected chi connectivity index (χ0v) is 9.67. The van der Waals surface area contributed by atoms with Gasteiger partial charge in [0.25, 0.3) is 0 Å². The van der Waals surface area contributed by atoms with Crippen LogP contribution >= 0.6 is 0 Å². The van der Waals surface area contributed by atoms with E-state index >= 15 is 0 Å². The van der Waals surface area contributed by atoms with Gasteiger partial charge in [-0.2, -0.15) is 0 Å². The van der Waals surface area contributed by atoms with Crippen molar-refractivity contribution in [3.05, 3.63) is 0 Å². The zero-order chi connectivity index (χ0) is 10.7. The topological polar surface area (TPSA) is 32.3 Å². The third-order valence-electron chi connectivity index (χ3n) is 3.74. The Balaban J connectivity index is 1.77. The van der Waals surface area contributed by atoms with Crippen molar-refractivity contribution >= 4 is 6.03 Å². The highest BCUT2D eigenvalue weighted by Gasteiger charge is 2.23. The molecule has 0 aromatic heterocycles. The lowest BCUT2D eigenvalue weighted by Crippen LogP contribution is -2.47. The number of nitrogens with zero attached hydrogens (tertiary/aromatic N) is 1. The number of hydrogen-bond acceptors (Lipinski definition) is 1. The van der Waals surface area contributed by atoms with Gasteiger partial charge in [-0.15, -0.1) is 0 Å². The molecule has 1 heterocycles. The monoisotopic (exact) mass is 210 g/mol. The van der Waals surface area contributed by atoms with Gasteiger partial charge in [-0.05, 0) is 44.4 Å². The Morgan fingerprint density at radius 1 is 1.13 bits per heavy atom. The van der Waals surface area contributed by atoms with Crippen LogP contribution in [0.25, 0.3) is 0 Å². The Bertz CT molecular complexity index is 226. The first-order valence-corrected chi connectivity index (χ1v) is 6.31. The van der Waals surface area contributed by atoms with Gasteiger partial charge in [-0.3, -0.25) is 0 Å². The van der Waals surface area contributed by atoms with E-state index in [1.165, 1.54) is 32.1 Å². The molecule has 0 spiro atoms. The minimum absolute atomic E-state index is 0.175. The summed E-state index contributed by atoms with van der Waals surface area (Å²) >= 11 is 0. The summed E-state index contributed by atoms with van der Waals surface area (Å²) in [4.78, 5) is 13.9. The summed E-state index contributed by atoms with van der Waals surface area (Å²) in [5.74, 6) is 0.784. The Hall–Kier alpha value is -0.730. The molecule has 1 unspecified atom stereocenters. The lowest BCUT2D eigenvalue weighted by molar-refractivity contribution is 0.187. The van der Waals surface area contributed by atoms with Crippen LogP contribution in [0.15, 0.2) is 0 Å². The van der Waals surface area contributed by atoms with Crippen molar-refractivity contribution in [2.24, 2.45) is 5.92 Å². The van der Waals surface area contributed by atoms with E-state index in [1.807, 2.05) is 4.90 Å². The van der Waals surface area contributed by atoms with Gasteiger partial charge >= 0.3 is 6.03 Å². The van der Waals surface area contributed by atoms with Crippen molar-refractivity contribution in [1.29, 1.82) is 0 Å². The number of amides is 2. The second kappa shape index (κ2) is 4.86. The smallest absolute Gasteiger partial charge is 0.317 e. The Labute approximate surface area is 92.2 Å². The van der Waals surface area contributed by atoms with Crippen molar-refractivity contribution in [3.8, 4) is 0 Å². The molecule has 1 saturated heterocycles. The van der Waals surface area contributed by atoms with Gasteiger partial charge in [0.2, 0.25) is 0 Å². The van der Waals surface area contributed by atoms with Crippen LogP contribution in [0, 0.1) is 5.92 Å². The quantitative estimate of drug-likeness (QED) is 0.708. The van der Waals surface area contributed by atoms with Crippen molar-refractivity contribution < 1.29 is 4.79 Å². The molecular weight excluding hydrogens is 188 g/mol. The summed E-state index contributed by atoms with van der Waals surface area (Å²) in [7, 11) is 0. The lowest BCUT2D eigenvalue weighted by Gasteiger charge is -2.30. The third kappa shape index (κ3) is 2.86. The maximum absolute atomic E-state index is 11.9. The van der Waals surface area contributed by atoms with E-state index in [0.29, 0.717) is 6.04 Å². The summed E-state index contributed by atoms with van der Waals surface area (Å²) in [6.45, 7) is 4.18. The summed E-state index contributed by atoms with van der Waals surface area (Å²) in [5.41, 5.74) is 0.